The maximum absolute atomic E-state index is 14.4. The van der Waals surface area contributed by atoms with Crippen LogP contribution in [0.25, 0.3) is 0 Å². The van der Waals surface area contributed by atoms with E-state index in [1.54, 1.807) is 17.0 Å². The van der Waals surface area contributed by atoms with Crippen LogP contribution in [0, 0.1) is 29.0 Å². The highest BCUT2D eigenvalue weighted by molar-refractivity contribution is 7.90. The third-order valence-electron chi connectivity index (χ3n) is 11.6. The highest BCUT2D eigenvalue weighted by Gasteiger charge is 2.61. The summed E-state index contributed by atoms with van der Waals surface area (Å²) in [7, 11) is -3.81. The number of rotatable bonds is 6. The summed E-state index contributed by atoms with van der Waals surface area (Å²) in [5.41, 5.74) is -0.0239. The first kappa shape index (κ1) is 33.2. The zero-order valence-electron chi connectivity index (χ0n) is 27.4. The van der Waals surface area contributed by atoms with Gasteiger partial charge < -0.3 is 9.64 Å². The minimum atomic E-state index is -3.81. The van der Waals surface area contributed by atoms with E-state index >= 15 is 0 Å². The van der Waals surface area contributed by atoms with Crippen LogP contribution in [-0.2, 0) is 42.2 Å². The summed E-state index contributed by atoms with van der Waals surface area (Å²) in [5.74, 6) is -1.48. The Morgan fingerprint density at radius 1 is 1.02 bits per heavy atom. The summed E-state index contributed by atoms with van der Waals surface area (Å²) in [6.45, 7) is 0.359. The fraction of sp³-hybridized carbons (Fsp3) is 0.667. The Kier molecular flexibility index (Phi) is 9.14. The molecule has 1 aromatic carbocycles. The van der Waals surface area contributed by atoms with Crippen LogP contribution in [0.15, 0.2) is 30.4 Å². The third kappa shape index (κ3) is 6.78. The predicted octanol–water partition coefficient (Wildman–Crippen LogP) is 5.15. The zero-order valence-corrected chi connectivity index (χ0v) is 28.2. The third-order valence-corrected chi connectivity index (χ3v) is 13.4. The van der Waals surface area contributed by atoms with Gasteiger partial charge in [0.05, 0.1) is 29.8 Å². The maximum atomic E-state index is 14.4. The second kappa shape index (κ2) is 13.2. The number of Topliss-reactive ketones (excluding diaryl/α,β-unsaturated/α-hetero) is 1. The molecule has 3 aliphatic carbocycles. The highest BCUT2D eigenvalue weighted by Crippen LogP contribution is 2.57. The van der Waals surface area contributed by atoms with E-state index in [1.807, 2.05) is 12.2 Å². The van der Waals surface area contributed by atoms with Crippen molar-refractivity contribution in [3.8, 4) is 0 Å². The lowest BCUT2D eigenvalue weighted by Crippen LogP contribution is -2.46. The molecule has 0 aromatic heterocycles. The smallest absolute Gasteiger partial charge is 0.410 e. The van der Waals surface area contributed by atoms with E-state index in [9.17, 15) is 32.0 Å². The lowest BCUT2D eigenvalue weighted by atomic mass is 9.77. The average Bonchev–Trinajstić information content (AvgIpc) is 3.91. The molecule has 1 saturated heterocycles. The topological polar surface area (TPSA) is 130 Å². The van der Waals surface area contributed by atoms with Crippen LogP contribution >= 0.6 is 0 Å². The Balaban J connectivity index is 1.12. The van der Waals surface area contributed by atoms with E-state index in [1.165, 1.54) is 11.0 Å². The van der Waals surface area contributed by atoms with Crippen molar-refractivity contribution in [2.45, 2.75) is 120 Å². The number of ketones is 1. The van der Waals surface area contributed by atoms with Crippen molar-refractivity contribution in [1.82, 2.24) is 14.5 Å². The highest BCUT2D eigenvalue weighted by atomic mass is 32.2. The molecule has 3 saturated carbocycles. The van der Waals surface area contributed by atoms with Crippen molar-refractivity contribution >= 4 is 33.7 Å². The van der Waals surface area contributed by atoms with Crippen LogP contribution in [0.2, 0.25) is 0 Å². The van der Waals surface area contributed by atoms with Gasteiger partial charge in [-0.3, -0.25) is 24.0 Å². The normalized spacial score (nSPS) is 31.9. The molecule has 260 valence electrons. The molecule has 10 nitrogen and oxygen atoms in total. The Morgan fingerprint density at radius 2 is 1.83 bits per heavy atom. The molecule has 12 heteroatoms. The second-order valence-electron chi connectivity index (χ2n) is 15.1. The SMILES string of the molecule is O=C1C[C@]2(C(=O)NS(=O)(=O)C3CC3)C[C@H]2/C=C\CCCCC[C@H](CC2CCC2)C(=O)N2C[C@H](OC(=O)N3Cc4cccc(F)c4C3)C[C@@H]12. The quantitative estimate of drug-likeness (QED) is 0.411. The van der Waals surface area contributed by atoms with E-state index in [2.05, 4.69) is 4.72 Å². The van der Waals surface area contributed by atoms with E-state index in [-0.39, 0.29) is 61.8 Å². The summed E-state index contributed by atoms with van der Waals surface area (Å²) in [6, 6.07) is 3.85. The molecule has 48 heavy (non-hydrogen) atoms. The number of hydrogen-bond acceptors (Lipinski definition) is 7. The van der Waals surface area contributed by atoms with Crippen molar-refractivity contribution in [3.05, 3.63) is 47.3 Å². The maximum Gasteiger partial charge on any atom is 0.410 e. The number of halogens is 1. The van der Waals surface area contributed by atoms with Crippen LogP contribution in [0.3, 0.4) is 0 Å². The van der Waals surface area contributed by atoms with Gasteiger partial charge in [0.15, 0.2) is 5.78 Å². The first-order valence-electron chi connectivity index (χ1n) is 17.8. The molecule has 7 rings (SSSR count). The minimum absolute atomic E-state index is 0.0654. The molecule has 0 radical (unpaired) electrons. The Hall–Kier alpha value is -3.28. The second-order valence-corrected chi connectivity index (χ2v) is 17.0. The summed E-state index contributed by atoms with van der Waals surface area (Å²) in [5, 5.41) is -0.575. The number of nitrogens with zero attached hydrogens (tertiary/aromatic N) is 2. The number of allylic oxidation sites excluding steroid dienone is 2. The van der Waals surface area contributed by atoms with Crippen LogP contribution in [-0.4, -0.2) is 65.8 Å². The minimum Gasteiger partial charge on any atom is -0.444 e. The first-order valence-corrected chi connectivity index (χ1v) is 19.4. The van der Waals surface area contributed by atoms with E-state index in [4.69, 9.17) is 4.74 Å². The average molecular weight is 684 g/mol. The van der Waals surface area contributed by atoms with Gasteiger partial charge in [0, 0.05) is 30.9 Å². The molecule has 3 amide bonds. The number of amides is 3. The van der Waals surface area contributed by atoms with Crippen molar-refractivity contribution in [2.24, 2.45) is 23.2 Å². The molecule has 5 atom stereocenters. The van der Waals surface area contributed by atoms with Crippen LogP contribution in [0.5, 0.6) is 0 Å². The van der Waals surface area contributed by atoms with Gasteiger partial charge in [-0.1, -0.05) is 56.4 Å². The summed E-state index contributed by atoms with van der Waals surface area (Å²) in [6.07, 6.45) is 12.4. The van der Waals surface area contributed by atoms with E-state index < -0.39 is 44.8 Å². The van der Waals surface area contributed by atoms with Crippen LogP contribution in [0.4, 0.5) is 9.18 Å². The number of carbonyl (C=O) groups is 4. The van der Waals surface area contributed by atoms with Gasteiger partial charge in [-0.2, -0.15) is 0 Å². The Morgan fingerprint density at radius 3 is 2.56 bits per heavy atom. The Bertz CT molecular complexity index is 1610. The van der Waals surface area contributed by atoms with Gasteiger partial charge in [0.25, 0.3) is 0 Å². The number of nitrogens with one attached hydrogen (secondary N) is 1. The number of carbonyl (C=O) groups excluding carboxylic acids is 4. The molecular weight excluding hydrogens is 637 g/mol. The first-order chi connectivity index (χ1) is 23.0. The molecule has 3 aliphatic heterocycles. The summed E-state index contributed by atoms with van der Waals surface area (Å²) in [4.78, 5) is 58.6. The molecule has 0 bridgehead atoms. The fourth-order valence-electron chi connectivity index (χ4n) is 8.21. The molecule has 1 N–H and O–H groups in total. The molecule has 4 fully saturated rings. The van der Waals surface area contributed by atoms with Crippen molar-refractivity contribution in [1.29, 1.82) is 0 Å². The number of sulfonamides is 1. The number of ether oxygens (including phenoxy) is 1. The van der Waals surface area contributed by atoms with Crippen LogP contribution in [0.1, 0.15) is 101 Å². The van der Waals surface area contributed by atoms with Gasteiger partial charge >= 0.3 is 6.09 Å². The molecule has 1 aromatic rings. The standard InChI is InChI=1S/C36H46FN3O7S/c37-30-13-7-11-25-20-39(22-29(25)30)35(44)47-27-17-31-32(41)19-36(34(43)38-48(45,46)28-14-15-28)18-26(36)12-5-3-1-2-4-10-24(16-23-8-6-9-23)33(42)40(31)21-27/h5,7,11-13,23-24,26-28,31H,1-4,6,8-10,14-22H2,(H,38,43)/b12-5-/t24-,26-,27-,31+,36-/m1/s1. The van der Waals surface area contributed by atoms with Gasteiger partial charge in [-0.25, -0.2) is 17.6 Å². The molecule has 0 spiro atoms. The van der Waals surface area contributed by atoms with Crippen molar-refractivity contribution in [3.63, 3.8) is 0 Å². The lowest BCUT2D eigenvalue weighted by Gasteiger charge is -2.33. The molecule has 3 heterocycles. The largest absolute Gasteiger partial charge is 0.444 e. The lowest BCUT2D eigenvalue weighted by molar-refractivity contribution is -0.143. The molecule has 0 unspecified atom stereocenters. The predicted molar refractivity (Wildman–Crippen MR) is 174 cm³/mol. The van der Waals surface area contributed by atoms with Gasteiger partial charge in [-0.05, 0) is 68.4 Å². The Labute approximate surface area is 281 Å². The van der Waals surface area contributed by atoms with E-state index in [0.717, 1.165) is 63.4 Å². The van der Waals surface area contributed by atoms with Gasteiger partial charge in [0.2, 0.25) is 21.8 Å². The van der Waals surface area contributed by atoms with Gasteiger partial charge in [0.1, 0.15) is 11.9 Å². The van der Waals surface area contributed by atoms with Crippen molar-refractivity contribution < 1.29 is 36.7 Å². The molecule has 6 aliphatic rings. The fourth-order valence-corrected chi connectivity index (χ4v) is 9.59. The number of fused-ring (bicyclic) bond motifs is 3. The summed E-state index contributed by atoms with van der Waals surface area (Å²) < 4.78 is 48.1. The number of hydrogen-bond donors (Lipinski definition) is 1. The van der Waals surface area contributed by atoms with Crippen LogP contribution < -0.4 is 4.72 Å². The number of benzene rings is 1. The van der Waals surface area contributed by atoms with E-state index in [0.29, 0.717) is 30.7 Å². The monoisotopic (exact) mass is 683 g/mol. The molecular formula is C36H46FN3O7S. The van der Waals surface area contributed by atoms with Crippen molar-refractivity contribution in [2.75, 3.05) is 6.54 Å². The zero-order chi connectivity index (χ0) is 33.6. The summed E-state index contributed by atoms with van der Waals surface area (Å²) >= 11 is 0. The van der Waals surface area contributed by atoms with Gasteiger partial charge in [-0.15, -0.1) is 0 Å².